The second-order valence-electron chi connectivity index (χ2n) is 5.05. The van der Waals surface area contributed by atoms with Crippen molar-refractivity contribution in [3.05, 3.63) is 85.0 Å². The van der Waals surface area contributed by atoms with Gasteiger partial charge in [-0.1, -0.05) is 37.3 Å². The van der Waals surface area contributed by atoms with Crippen molar-refractivity contribution in [1.29, 1.82) is 0 Å². The molecule has 0 aliphatic rings. The standard InChI is InChI=1S/C17H16N4O2/c1-2-12-13(19-10-18-12)9-15-17(23)20-14(16(22)21-15)8-11-6-4-3-5-7-11/h3-10H,2H2,1H3,(H,18,19)(H,20,23)(H,21,22)/b14-8+,15-9+. The van der Waals surface area contributed by atoms with Gasteiger partial charge in [-0.05, 0) is 24.1 Å². The predicted molar refractivity (Wildman–Crippen MR) is 88.5 cm³/mol. The van der Waals surface area contributed by atoms with Crippen LogP contribution in [-0.4, -0.2) is 19.9 Å². The molecule has 23 heavy (non-hydrogen) atoms. The number of nitrogens with zero attached hydrogens (tertiary/aromatic N) is 1. The number of hydrogen-bond donors (Lipinski definition) is 3. The van der Waals surface area contributed by atoms with E-state index in [1.165, 1.54) is 0 Å². The summed E-state index contributed by atoms with van der Waals surface area (Å²) in [5.74, 6) is 0. The number of benzene rings is 1. The van der Waals surface area contributed by atoms with E-state index in [2.05, 4.69) is 19.9 Å². The molecule has 2 aromatic heterocycles. The number of nitrogens with one attached hydrogen (secondary N) is 3. The second kappa shape index (κ2) is 6.31. The normalized spacial score (nSPS) is 12.7. The van der Waals surface area contributed by atoms with E-state index >= 15 is 0 Å². The minimum Gasteiger partial charge on any atom is -0.348 e. The average molecular weight is 308 g/mol. The topological polar surface area (TPSA) is 94.4 Å². The molecule has 3 N–H and O–H groups in total. The minimum absolute atomic E-state index is 0.182. The van der Waals surface area contributed by atoms with Gasteiger partial charge < -0.3 is 15.0 Å². The molecule has 3 rings (SSSR count). The molecule has 0 spiro atoms. The molecule has 0 saturated carbocycles. The maximum Gasteiger partial charge on any atom is 0.272 e. The average Bonchev–Trinajstić information content (AvgIpc) is 3.00. The Balaban J connectivity index is 2.14. The van der Waals surface area contributed by atoms with Gasteiger partial charge in [-0.25, -0.2) is 4.98 Å². The molecule has 0 amide bonds. The van der Waals surface area contributed by atoms with Crippen LogP contribution < -0.4 is 21.8 Å². The van der Waals surface area contributed by atoms with Crippen molar-refractivity contribution in [2.24, 2.45) is 0 Å². The van der Waals surface area contributed by atoms with Gasteiger partial charge >= 0.3 is 0 Å². The smallest absolute Gasteiger partial charge is 0.272 e. The van der Waals surface area contributed by atoms with Gasteiger partial charge in [0.25, 0.3) is 11.1 Å². The molecular weight excluding hydrogens is 292 g/mol. The molecule has 6 nitrogen and oxygen atoms in total. The van der Waals surface area contributed by atoms with Gasteiger partial charge in [0.1, 0.15) is 10.7 Å². The van der Waals surface area contributed by atoms with Crippen molar-refractivity contribution in [1.82, 2.24) is 19.9 Å². The summed E-state index contributed by atoms with van der Waals surface area (Å²) in [5, 5.41) is 0.401. The van der Waals surface area contributed by atoms with Crippen LogP contribution in [0.15, 0.2) is 46.2 Å². The van der Waals surface area contributed by atoms with Crippen LogP contribution in [0.25, 0.3) is 12.2 Å². The van der Waals surface area contributed by atoms with E-state index in [4.69, 9.17) is 0 Å². The van der Waals surface area contributed by atoms with Crippen LogP contribution in [0.3, 0.4) is 0 Å². The Morgan fingerprint density at radius 3 is 2.30 bits per heavy atom. The first kappa shape index (κ1) is 14.8. The fourth-order valence-corrected chi connectivity index (χ4v) is 2.29. The summed E-state index contributed by atoms with van der Waals surface area (Å²) in [7, 11) is 0. The summed E-state index contributed by atoms with van der Waals surface area (Å²) in [6, 6.07) is 9.33. The van der Waals surface area contributed by atoms with E-state index in [1.807, 2.05) is 37.3 Å². The van der Waals surface area contributed by atoms with Crippen LogP contribution >= 0.6 is 0 Å². The lowest BCUT2D eigenvalue weighted by atomic mass is 10.2. The van der Waals surface area contributed by atoms with Gasteiger partial charge in [-0.2, -0.15) is 0 Å². The van der Waals surface area contributed by atoms with E-state index in [0.717, 1.165) is 17.7 Å². The summed E-state index contributed by atoms with van der Waals surface area (Å²) in [6.45, 7) is 1.98. The van der Waals surface area contributed by atoms with Crippen molar-refractivity contribution in [2.75, 3.05) is 0 Å². The van der Waals surface area contributed by atoms with Crippen LogP contribution in [0.5, 0.6) is 0 Å². The minimum atomic E-state index is -0.364. The number of aromatic amines is 3. The third kappa shape index (κ3) is 3.21. The molecule has 0 aliphatic carbocycles. The number of imidazole rings is 1. The highest BCUT2D eigenvalue weighted by molar-refractivity contribution is 5.48. The van der Waals surface area contributed by atoms with Crippen LogP contribution in [0.4, 0.5) is 0 Å². The molecule has 0 unspecified atom stereocenters. The Kier molecular flexibility index (Phi) is 4.05. The largest absolute Gasteiger partial charge is 0.348 e. The van der Waals surface area contributed by atoms with Crippen molar-refractivity contribution in [2.45, 2.75) is 13.3 Å². The van der Waals surface area contributed by atoms with E-state index in [9.17, 15) is 9.59 Å². The zero-order chi connectivity index (χ0) is 16.2. The monoisotopic (exact) mass is 308 g/mol. The Bertz CT molecular complexity index is 1040. The Morgan fingerprint density at radius 1 is 1.00 bits per heavy atom. The van der Waals surface area contributed by atoms with Crippen molar-refractivity contribution >= 4 is 12.2 Å². The number of hydrogen-bond acceptors (Lipinski definition) is 3. The molecule has 116 valence electrons. The first-order chi connectivity index (χ1) is 11.2. The van der Waals surface area contributed by atoms with E-state index in [0.29, 0.717) is 5.69 Å². The van der Waals surface area contributed by atoms with E-state index in [1.54, 1.807) is 18.5 Å². The molecule has 0 radical (unpaired) electrons. The number of aryl methyl sites for hydroxylation is 1. The molecule has 0 saturated heterocycles. The fourth-order valence-electron chi connectivity index (χ4n) is 2.29. The van der Waals surface area contributed by atoms with Gasteiger partial charge in [0, 0.05) is 5.69 Å². The highest BCUT2D eigenvalue weighted by Gasteiger charge is 2.02. The zero-order valence-corrected chi connectivity index (χ0v) is 12.6. The van der Waals surface area contributed by atoms with Crippen molar-refractivity contribution < 1.29 is 0 Å². The van der Waals surface area contributed by atoms with Gasteiger partial charge in [0.05, 0.1) is 12.0 Å². The number of rotatable bonds is 3. The van der Waals surface area contributed by atoms with Gasteiger partial charge in [-0.3, -0.25) is 9.59 Å². The van der Waals surface area contributed by atoms with Crippen LogP contribution in [0.1, 0.15) is 23.9 Å². The van der Waals surface area contributed by atoms with Crippen LogP contribution in [0, 0.1) is 0 Å². The maximum atomic E-state index is 12.2. The Labute approximate surface area is 131 Å². The predicted octanol–water partition coefficient (Wildman–Crippen LogP) is 0.00630. The summed E-state index contributed by atoms with van der Waals surface area (Å²) < 4.78 is 0. The number of aromatic nitrogens is 4. The highest BCUT2D eigenvalue weighted by Crippen LogP contribution is 2.02. The lowest BCUT2D eigenvalue weighted by Gasteiger charge is -1.94. The first-order valence-electron chi connectivity index (χ1n) is 7.30. The molecule has 0 aliphatic heterocycles. The molecule has 6 heteroatoms. The van der Waals surface area contributed by atoms with E-state index < -0.39 is 0 Å². The molecule has 0 bridgehead atoms. The van der Waals surface area contributed by atoms with Crippen molar-refractivity contribution in [3.63, 3.8) is 0 Å². The third-order valence-electron chi connectivity index (χ3n) is 3.48. The van der Waals surface area contributed by atoms with Gasteiger partial charge in [0.2, 0.25) is 0 Å². The van der Waals surface area contributed by atoms with Gasteiger partial charge in [-0.15, -0.1) is 0 Å². The summed E-state index contributed by atoms with van der Waals surface area (Å²) in [6.07, 6.45) is 5.53. The first-order valence-corrected chi connectivity index (χ1v) is 7.30. The van der Waals surface area contributed by atoms with Crippen molar-refractivity contribution in [3.8, 4) is 0 Å². The molecule has 2 heterocycles. The summed E-state index contributed by atoms with van der Waals surface area (Å²) >= 11 is 0. The van der Waals surface area contributed by atoms with E-state index in [-0.39, 0.29) is 21.8 Å². The SMILES string of the molecule is CCc1[nH]cnc1/C=c1/[nH]c(=O)/c(=C\c2ccccc2)[nH]c1=O. The van der Waals surface area contributed by atoms with Crippen LogP contribution in [-0.2, 0) is 6.42 Å². The van der Waals surface area contributed by atoms with Gasteiger partial charge in [0.15, 0.2) is 0 Å². The maximum absolute atomic E-state index is 12.2. The molecule has 1 aromatic carbocycles. The summed E-state index contributed by atoms with van der Waals surface area (Å²) in [4.78, 5) is 36.8. The molecule has 0 fully saturated rings. The molecule has 3 aromatic rings. The Morgan fingerprint density at radius 2 is 1.65 bits per heavy atom. The fraction of sp³-hybridized carbons (Fsp3) is 0.118. The third-order valence-corrected chi connectivity index (χ3v) is 3.48. The molecule has 0 atom stereocenters. The van der Waals surface area contributed by atoms with Crippen LogP contribution in [0.2, 0.25) is 0 Å². The lowest BCUT2D eigenvalue weighted by molar-refractivity contribution is 0.998. The highest BCUT2D eigenvalue weighted by atomic mass is 16.1. The summed E-state index contributed by atoms with van der Waals surface area (Å²) in [5.41, 5.74) is 1.68. The quantitative estimate of drug-likeness (QED) is 0.636. The molecular formula is C17H16N4O2. The second-order valence-corrected chi connectivity index (χ2v) is 5.05. The zero-order valence-electron chi connectivity index (χ0n) is 12.6. The Hall–Kier alpha value is -3.15. The number of H-pyrrole nitrogens is 3. The lowest BCUT2D eigenvalue weighted by Crippen LogP contribution is -2.46.